The normalized spacial score (nSPS) is 11.3. The van der Waals surface area contributed by atoms with Gasteiger partial charge in [0.05, 0.1) is 5.69 Å². The van der Waals surface area contributed by atoms with Gasteiger partial charge in [0.1, 0.15) is 5.58 Å². The van der Waals surface area contributed by atoms with Gasteiger partial charge in [-0.2, -0.15) is 0 Å². The molecule has 226 valence electrons. The Morgan fingerprint density at radius 3 is 1.48 bits per heavy atom. The summed E-state index contributed by atoms with van der Waals surface area (Å²) in [5.41, 5.74) is 11.8. The minimum atomic E-state index is 0.858. The molecule has 0 unspecified atom stereocenters. The van der Waals surface area contributed by atoms with Crippen LogP contribution in [0.5, 0.6) is 0 Å². The van der Waals surface area contributed by atoms with E-state index in [4.69, 9.17) is 4.42 Å². The molecular formula is C46H31NO. The van der Waals surface area contributed by atoms with E-state index in [1.165, 1.54) is 21.9 Å². The average molecular weight is 614 g/mol. The topological polar surface area (TPSA) is 16.4 Å². The Balaban J connectivity index is 1.33. The summed E-state index contributed by atoms with van der Waals surface area (Å²) >= 11 is 0. The molecule has 9 rings (SSSR count). The molecular weight excluding hydrogens is 583 g/mol. The molecule has 1 aromatic heterocycles. The highest BCUT2D eigenvalue weighted by Crippen LogP contribution is 2.47. The highest BCUT2D eigenvalue weighted by Gasteiger charge is 2.23. The average Bonchev–Trinajstić information content (AvgIpc) is 3.57. The van der Waals surface area contributed by atoms with Crippen molar-refractivity contribution in [3.05, 3.63) is 188 Å². The molecule has 9 aromatic rings. The summed E-state index contributed by atoms with van der Waals surface area (Å²) in [5.74, 6) is 0. The number of furan rings is 1. The van der Waals surface area contributed by atoms with Crippen molar-refractivity contribution >= 4 is 49.8 Å². The quantitative estimate of drug-likeness (QED) is 0.185. The van der Waals surface area contributed by atoms with Crippen molar-refractivity contribution < 1.29 is 4.42 Å². The van der Waals surface area contributed by atoms with E-state index >= 15 is 0 Å². The van der Waals surface area contributed by atoms with Gasteiger partial charge in [0.15, 0.2) is 5.58 Å². The van der Waals surface area contributed by atoms with E-state index in [1.807, 2.05) is 0 Å². The monoisotopic (exact) mass is 613 g/mol. The van der Waals surface area contributed by atoms with E-state index in [2.05, 4.69) is 193 Å². The van der Waals surface area contributed by atoms with Gasteiger partial charge in [-0.3, -0.25) is 0 Å². The molecule has 48 heavy (non-hydrogen) atoms. The number of fused-ring (bicyclic) bond motifs is 5. The van der Waals surface area contributed by atoms with Crippen LogP contribution in [0, 0.1) is 0 Å². The molecule has 0 saturated carbocycles. The van der Waals surface area contributed by atoms with Gasteiger partial charge in [-0.05, 0) is 75.0 Å². The molecule has 1 heterocycles. The molecule has 0 saturated heterocycles. The summed E-state index contributed by atoms with van der Waals surface area (Å²) in [5, 5.41) is 4.62. The maximum atomic E-state index is 7.09. The second kappa shape index (κ2) is 11.8. The third kappa shape index (κ3) is 4.83. The minimum Gasteiger partial charge on any atom is -0.453 e. The first-order valence-corrected chi connectivity index (χ1v) is 16.4. The molecule has 0 atom stereocenters. The lowest BCUT2D eigenvalue weighted by Crippen LogP contribution is -2.10. The standard InChI is InChI=1S/C46H31NO/c1-4-15-32(16-5-1)35-22-12-24-38(29-35)47(39-25-13-23-36(30-39)33-17-6-2-7-18-33)43-28-14-27-41-44-40-26-11-10-21-37(40)31-42(46(44)48-45(41)43)34-19-8-3-9-20-34/h1-31H. The molecule has 0 spiro atoms. The van der Waals surface area contributed by atoms with Crippen molar-refractivity contribution in [3.63, 3.8) is 0 Å². The first-order chi connectivity index (χ1) is 23.8. The number of benzene rings is 8. The van der Waals surface area contributed by atoms with Crippen molar-refractivity contribution in [3.8, 4) is 33.4 Å². The lowest BCUT2D eigenvalue weighted by atomic mass is 9.96. The fourth-order valence-corrected chi connectivity index (χ4v) is 6.98. The highest BCUT2D eigenvalue weighted by molar-refractivity contribution is 6.24. The minimum absolute atomic E-state index is 0.858. The van der Waals surface area contributed by atoms with Crippen LogP contribution in [0.15, 0.2) is 192 Å². The summed E-state index contributed by atoms with van der Waals surface area (Å²) in [6, 6.07) is 66.7. The molecule has 0 amide bonds. The van der Waals surface area contributed by atoms with Crippen LogP contribution in [0.2, 0.25) is 0 Å². The molecule has 0 fully saturated rings. The Hall–Kier alpha value is -6.38. The van der Waals surface area contributed by atoms with Crippen LogP contribution in [0.25, 0.3) is 66.1 Å². The van der Waals surface area contributed by atoms with E-state index in [-0.39, 0.29) is 0 Å². The second-order valence-electron chi connectivity index (χ2n) is 12.1. The van der Waals surface area contributed by atoms with E-state index in [0.29, 0.717) is 0 Å². The zero-order valence-electron chi connectivity index (χ0n) is 26.3. The zero-order chi connectivity index (χ0) is 31.9. The summed E-state index contributed by atoms with van der Waals surface area (Å²) < 4.78 is 7.09. The third-order valence-electron chi connectivity index (χ3n) is 9.22. The highest BCUT2D eigenvalue weighted by atomic mass is 16.3. The first-order valence-electron chi connectivity index (χ1n) is 16.4. The fourth-order valence-electron chi connectivity index (χ4n) is 6.98. The van der Waals surface area contributed by atoms with E-state index < -0.39 is 0 Å². The summed E-state index contributed by atoms with van der Waals surface area (Å²) in [7, 11) is 0. The number of anilines is 3. The Labute approximate surface area is 279 Å². The maximum Gasteiger partial charge on any atom is 0.159 e. The van der Waals surface area contributed by atoms with Crippen molar-refractivity contribution in [2.45, 2.75) is 0 Å². The van der Waals surface area contributed by atoms with Gasteiger partial charge in [0.2, 0.25) is 0 Å². The third-order valence-corrected chi connectivity index (χ3v) is 9.22. The SMILES string of the molecule is c1ccc(-c2cccc(N(c3cccc(-c4ccccc4)c3)c3cccc4c3oc3c(-c5ccccc5)cc5ccccc5c34)c2)cc1. The molecule has 2 nitrogen and oxygen atoms in total. The molecule has 2 heteroatoms. The number of rotatable bonds is 6. The molecule has 0 aliphatic rings. The Bertz CT molecular complexity index is 2470. The van der Waals surface area contributed by atoms with Crippen molar-refractivity contribution in [2.75, 3.05) is 4.90 Å². The Morgan fingerprint density at radius 2 is 0.854 bits per heavy atom. The van der Waals surface area contributed by atoms with Crippen LogP contribution in [-0.2, 0) is 0 Å². The number of nitrogens with zero attached hydrogens (tertiary/aromatic N) is 1. The first kappa shape index (κ1) is 27.9. The van der Waals surface area contributed by atoms with Gasteiger partial charge in [-0.1, -0.05) is 152 Å². The van der Waals surface area contributed by atoms with Crippen LogP contribution >= 0.6 is 0 Å². The Kier molecular flexibility index (Phi) is 6.84. The maximum absolute atomic E-state index is 7.09. The Morgan fingerprint density at radius 1 is 0.354 bits per heavy atom. The van der Waals surface area contributed by atoms with Crippen molar-refractivity contribution in [1.82, 2.24) is 0 Å². The largest absolute Gasteiger partial charge is 0.453 e. The predicted octanol–water partition coefficient (Wildman–Crippen LogP) is 13.2. The molecule has 0 bridgehead atoms. The van der Waals surface area contributed by atoms with Crippen LogP contribution in [0.4, 0.5) is 17.1 Å². The molecule has 0 aliphatic heterocycles. The molecule has 0 aliphatic carbocycles. The van der Waals surface area contributed by atoms with Gasteiger partial charge in [0.25, 0.3) is 0 Å². The van der Waals surface area contributed by atoms with E-state index in [0.717, 1.165) is 61.3 Å². The second-order valence-corrected chi connectivity index (χ2v) is 12.1. The van der Waals surface area contributed by atoms with Gasteiger partial charge in [-0.15, -0.1) is 0 Å². The predicted molar refractivity (Wildman–Crippen MR) is 202 cm³/mol. The van der Waals surface area contributed by atoms with Gasteiger partial charge in [-0.25, -0.2) is 0 Å². The summed E-state index contributed by atoms with van der Waals surface area (Å²) in [6.45, 7) is 0. The number of para-hydroxylation sites is 1. The van der Waals surface area contributed by atoms with E-state index in [9.17, 15) is 0 Å². The van der Waals surface area contributed by atoms with Crippen LogP contribution in [-0.4, -0.2) is 0 Å². The number of hydrogen-bond donors (Lipinski definition) is 0. The van der Waals surface area contributed by atoms with Crippen molar-refractivity contribution in [1.29, 1.82) is 0 Å². The smallest absolute Gasteiger partial charge is 0.159 e. The zero-order valence-corrected chi connectivity index (χ0v) is 26.3. The fraction of sp³-hybridized carbons (Fsp3) is 0. The van der Waals surface area contributed by atoms with Crippen molar-refractivity contribution in [2.24, 2.45) is 0 Å². The van der Waals surface area contributed by atoms with Gasteiger partial charge >= 0.3 is 0 Å². The number of hydrogen-bond acceptors (Lipinski definition) is 2. The lowest BCUT2D eigenvalue weighted by molar-refractivity contribution is 0.670. The molecule has 8 aromatic carbocycles. The van der Waals surface area contributed by atoms with Crippen LogP contribution in [0.1, 0.15) is 0 Å². The van der Waals surface area contributed by atoms with Crippen LogP contribution < -0.4 is 4.90 Å². The molecule has 0 radical (unpaired) electrons. The van der Waals surface area contributed by atoms with Crippen LogP contribution in [0.3, 0.4) is 0 Å². The van der Waals surface area contributed by atoms with Gasteiger partial charge in [0, 0.05) is 27.7 Å². The lowest BCUT2D eigenvalue weighted by Gasteiger charge is -2.26. The summed E-state index contributed by atoms with van der Waals surface area (Å²) in [4.78, 5) is 2.34. The molecule has 0 N–H and O–H groups in total. The van der Waals surface area contributed by atoms with Gasteiger partial charge < -0.3 is 9.32 Å². The van der Waals surface area contributed by atoms with E-state index in [1.54, 1.807) is 0 Å². The summed E-state index contributed by atoms with van der Waals surface area (Å²) in [6.07, 6.45) is 0.